The molecule has 0 radical (unpaired) electrons. The Kier molecular flexibility index (Phi) is 4.29. The number of ether oxygens (including phenoxy) is 3. The number of rotatable bonds is 6. The molecule has 1 amide bonds. The smallest absolute Gasteiger partial charge is 0.231 e. The summed E-state index contributed by atoms with van der Waals surface area (Å²) in [6.07, 6.45) is 1.78. The molecule has 1 N–H and O–H groups in total. The highest BCUT2D eigenvalue weighted by Gasteiger charge is 2.50. The second kappa shape index (κ2) is 6.59. The average molecular weight is 404 g/mol. The number of fused-ring (bicyclic) bond motifs is 1. The first kappa shape index (κ1) is 16.3. The van der Waals surface area contributed by atoms with Crippen molar-refractivity contribution in [3.8, 4) is 17.2 Å². The van der Waals surface area contributed by atoms with Crippen molar-refractivity contribution in [3.63, 3.8) is 0 Å². The molecule has 25 heavy (non-hydrogen) atoms. The number of amides is 1. The Balaban J connectivity index is 1.28. The highest BCUT2D eigenvalue weighted by atomic mass is 79.9. The van der Waals surface area contributed by atoms with Crippen LogP contribution in [0.15, 0.2) is 46.9 Å². The number of carbonyl (C=O) groups is 1. The molecule has 1 aliphatic carbocycles. The van der Waals surface area contributed by atoms with Crippen LogP contribution in [-0.4, -0.2) is 25.9 Å². The van der Waals surface area contributed by atoms with Crippen molar-refractivity contribution in [1.82, 2.24) is 5.32 Å². The van der Waals surface area contributed by atoms with Crippen LogP contribution in [0.2, 0.25) is 0 Å². The van der Waals surface area contributed by atoms with E-state index in [9.17, 15) is 4.79 Å². The summed E-state index contributed by atoms with van der Waals surface area (Å²) < 4.78 is 17.3. The Morgan fingerprint density at radius 2 is 1.88 bits per heavy atom. The van der Waals surface area contributed by atoms with Crippen molar-refractivity contribution in [3.05, 3.63) is 52.5 Å². The fourth-order valence-corrected chi connectivity index (χ4v) is 3.27. The maximum absolute atomic E-state index is 12.6. The zero-order valence-electron chi connectivity index (χ0n) is 13.6. The summed E-state index contributed by atoms with van der Waals surface area (Å²) in [5.41, 5.74) is 0.712. The highest BCUT2D eigenvalue weighted by molar-refractivity contribution is 9.10. The third-order valence-corrected chi connectivity index (χ3v) is 5.11. The van der Waals surface area contributed by atoms with Gasteiger partial charge in [0.05, 0.1) is 12.0 Å². The van der Waals surface area contributed by atoms with E-state index in [2.05, 4.69) is 21.2 Å². The molecular formula is C19H18BrNO4. The number of hydrogen-bond donors (Lipinski definition) is 1. The van der Waals surface area contributed by atoms with Gasteiger partial charge in [-0.05, 0) is 42.7 Å². The normalized spacial score (nSPS) is 16.4. The fraction of sp³-hybridized carbons (Fsp3) is 0.316. The van der Waals surface area contributed by atoms with Crippen LogP contribution < -0.4 is 19.5 Å². The van der Waals surface area contributed by atoms with E-state index in [1.807, 2.05) is 36.4 Å². The SMILES string of the molecule is O=C(NCCOc1ccc2c(c1)OCO2)C1(c2ccc(Br)cc2)CC1. The van der Waals surface area contributed by atoms with Crippen LogP contribution in [0.25, 0.3) is 0 Å². The monoisotopic (exact) mass is 403 g/mol. The zero-order chi connectivity index (χ0) is 17.3. The van der Waals surface area contributed by atoms with Gasteiger partial charge in [-0.15, -0.1) is 0 Å². The van der Waals surface area contributed by atoms with E-state index < -0.39 is 0 Å². The van der Waals surface area contributed by atoms with Gasteiger partial charge in [-0.3, -0.25) is 4.79 Å². The molecule has 1 fully saturated rings. The molecule has 0 unspecified atom stereocenters. The first-order chi connectivity index (χ1) is 12.2. The molecule has 0 saturated heterocycles. The molecule has 0 spiro atoms. The summed E-state index contributed by atoms with van der Waals surface area (Å²) in [5.74, 6) is 2.19. The summed E-state index contributed by atoms with van der Waals surface area (Å²) in [4.78, 5) is 12.6. The van der Waals surface area contributed by atoms with Gasteiger partial charge in [0, 0.05) is 10.5 Å². The van der Waals surface area contributed by atoms with Crippen LogP contribution >= 0.6 is 15.9 Å². The third kappa shape index (κ3) is 3.31. The average Bonchev–Trinajstić information content (AvgIpc) is 3.30. The molecule has 2 aromatic rings. The molecule has 130 valence electrons. The predicted molar refractivity (Wildman–Crippen MR) is 96.1 cm³/mol. The summed E-state index contributed by atoms with van der Waals surface area (Å²) >= 11 is 3.43. The molecule has 6 heteroatoms. The van der Waals surface area contributed by atoms with E-state index >= 15 is 0 Å². The highest BCUT2D eigenvalue weighted by Crippen LogP contribution is 2.48. The molecule has 1 saturated carbocycles. The topological polar surface area (TPSA) is 56.8 Å². The Morgan fingerprint density at radius 1 is 1.12 bits per heavy atom. The second-order valence-electron chi connectivity index (χ2n) is 6.21. The van der Waals surface area contributed by atoms with Crippen LogP contribution in [0.3, 0.4) is 0 Å². The Hall–Kier alpha value is -2.21. The van der Waals surface area contributed by atoms with Gasteiger partial charge in [0.1, 0.15) is 12.4 Å². The standard InChI is InChI=1S/C19H18BrNO4/c20-14-3-1-13(2-4-14)19(7-8-19)18(22)21-9-10-23-15-5-6-16-17(11-15)25-12-24-16/h1-6,11H,7-10,12H2,(H,21,22). The predicted octanol–water partition coefficient (Wildman–Crippen LogP) is 3.40. The summed E-state index contributed by atoms with van der Waals surface area (Å²) in [7, 11) is 0. The van der Waals surface area contributed by atoms with E-state index in [1.54, 1.807) is 6.07 Å². The van der Waals surface area contributed by atoms with E-state index in [0.717, 1.165) is 28.6 Å². The Morgan fingerprint density at radius 3 is 2.64 bits per heavy atom. The van der Waals surface area contributed by atoms with Gasteiger partial charge < -0.3 is 19.5 Å². The van der Waals surface area contributed by atoms with Crippen LogP contribution in [0.4, 0.5) is 0 Å². The van der Waals surface area contributed by atoms with Gasteiger partial charge in [-0.1, -0.05) is 28.1 Å². The minimum Gasteiger partial charge on any atom is -0.492 e. The van der Waals surface area contributed by atoms with Crippen molar-refractivity contribution in [2.24, 2.45) is 0 Å². The van der Waals surface area contributed by atoms with Crippen LogP contribution in [-0.2, 0) is 10.2 Å². The third-order valence-electron chi connectivity index (χ3n) is 4.58. The number of nitrogens with one attached hydrogen (secondary N) is 1. The maximum Gasteiger partial charge on any atom is 0.231 e. The quantitative estimate of drug-likeness (QED) is 0.750. The lowest BCUT2D eigenvalue weighted by molar-refractivity contribution is -0.123. The second-order valence-corrected chi connectivity index (χ2v) is 7.12. The maximum atomic E-state index is 12.6. The summed E-state index contributed by atoms with van der Waals surface area (Å²) in [5, 5.41) is 2.99. The Labute approximate surface area is 154 Å². The molecule has 5 nitrogen and oxygen atoms in total. The molecule has 2 aromatic carbocycles. The molecule has 0 aromatic heterocycles. The largest absolute Gasteiger partial charge is 0.492 e. The van der Waals surface area contributed by atoms with Crippen LogP contribution in [0.1, 0.15) is 18.4 Å². The van der Waals surface area contributed by atoms with E-state index in [0.29, 0.717) is 24.7 Å². The number of halogens is 1. The number of carbonyl (C=O) groups excluding carboxylic acids is 1. The van der Waals surface area contributed by atoms with Crippen molar-refractivity contribution in [2.75, 3.05) is 19.9 Å². The van der Waals surface area contributed by atoms with Crippen molar-refractivity contribution in [1.29, 1.82) is 0 Å². The molecule has 2 aliphatic rings. The van der Waals surface area contributed by atoms with Gasteiger partial charge in [0.15, 0.2) is 11.5 Å². The van der Waals surface area contributed by atoms with Crippen molar-refractivity contribution >= 4 is 21.8 Å². The first-order valence-corrected chi connectivity index (χ1v) is 9.03. The molecule has 1 heterocycles. The first-order valence-electron chi connectivity index (χ1n) is 8.24. The molecule has 0 atom stereocenters. The van der Waals surface area contributed by atoms with Gasteiger partial charge in [0.25, 0.3) is 0 Å². The molecule has 1 aliphatic heterocycles. The molecule has 0 bridgehead atoms. The van der Waals surface area contributed by atoms with Gasteiger partial charge in [0.2, 0.25) is 12.7 Å². The van der Waals surface area contributed by atoms with Crippen molar-refractivity contribution in [2.45, 2.75) is 18.3 Å². The Bertz CT molecular complexity index is 787. The van der Waals surface area contributed by atoms with Gasteiger partial charge >= 0.3 is 0 Å². The fourth-order valence-electron chi connectivity index (χ4n) is 3.01. The molecular weight excluding hydrogens is 386 g/mol. The minimum atomic E-state index is -0.362. The van der Waals surface area contributed by atoms with Gasteiger partial charge in [-0.25, -0.2) is 0 Å². The molecule has 4 rings (SSSR count). The summed E-state index contributed by atoms with van der Waals surface area (Å²) in [6, 6.07) is 13.4. The minimum absolute atomic E-state index is 0.0732. The zero-order valence-corrected chi connectivity index (χ0v) is 15.2. The van der Waals surface area contributed by atoms with E-state index in [1.165, 1.54) is 0 Å². The lowest BCUT2D eigenvalue weighted by Crippen LogP contribution is -2.37. The van der Waals surface area contributed by atoms with E-state index in [-0.39, 0.29) is 18.1 Å². The number of benzene rings is 2. The lowest BCUT2D eigenvalue weighted by atomic mass is 9.95. The lowest BCUT2D eigenvalue weighted by Gasteiger charge is -2.16. The van der Waals surface area contributed by atoms with Gasteiger partial charge in [-0.2, -0.15) is 0 Å². The van der Waals surface area contributed by atoms with Crippen LogP contribution in [0.5, 0.6) is 17.2 Å². The number of hydrogen-bond acceptors (Lipinski definition) is 4. The van der Waals surface area contributed by atoms with Crippen LogP contribution in [0, 0.1) is 0 Å². The van der Waals surface area contributed by atoms with E-state index in [4.69, 9.17) is 14.2 Å². The van der Waals surface area contributed by atoms with Crippen molar-refractivity contribution < 1.29 is 19.0 Å². The summed E-state index contributed by atoms with van der Waals surface area (Å²) in [6.45, 7) is 1.11.